The fourth-order valence-corrected chi connectivity index (χ4v) is 2.07. The molecule has 2 N–H and O–H groups in total. The van der Waals surface area contributed by atoms with Gasteiger partial charge < -0.3 is 0 Å². The van der Waals surface area contributed by atoms with E-state index in [4.69, 9.17) is 0 Å². The second kappa shape index (κ2) is 5.96. The zero-order valence-electron chi connectivity index (χ0n) is 11.4. The van der Waals surface area contributed by atoms with E-state index in [1.54, 1.807) is 24.3 Å². The fourth-order valence-electron chi connectivity index (χ4n) is 1.68. The third-order valence-corrected chi connectivity index (χ3v) is 3.41. The first-order valence-electron chi connectivity index (χ1n) is 5.99. The van der Waals surface area contributed by atoms with Crippen molar-refractivity contribution in [2.75, 3.05) is 5.43 Å². The van der Waals surface area contributed by atoms with Crippen molar-refractivity contribution in [3.05, 3.63) is 61.2 Å². The van der Waals surface area contributed by atoms with Crippen molar-refractivity contribution in [1.29, 1.82) is 0 Å². The minimum atomic E-state index is -0.485. The molecule has 0 fully saturated rings. The summed E-state index contributed by atoms with van der Waals surface area (Å²) < 4.78 is 2.97. The molecule has 7 nitrogen and oxygen atoms in total. The van der Waals surface area contributed by atoms with Gasteiger partial charge in [-0.15, -0.1) is 0 Å². The average Bonchev–Trinajstić information content (AvgIpc) is 2.47. The lowest BCUT2D eigenvalue weighted by Gasteiger charge is -2.12. The quantitative estimate of drug-likeness (QED) is 0.792. The maximum Gasteiger partial charge on any atom is 0.332 e. The van der Waals surface area contributed by atoms with E-state index in [9.17, 15) is 14.4 Å². The Morgan fingerprint density at radius 1 is 1.14 bits per heavy atom. The van der Waals surface area contributed by atoms with Gasteiger partial charge >= 0.3 is 5.69 Å². The molecule has 0 aliphatic carbocycles. The van der Waals surface area contributed by atoms with E-state index in [2.05, 4.69) is 26.8 Å². The summed E-state index contributed by atoms with van der Waals surface area (Å²) in [7, 11) is 2.88. The van der Waals surface area contributed by atoms with Gasteiger partial charge in [0.05, 0.1) is 0 Å². The minimum Gasteiger partial charge on any atom is -0.283 e. The zero-order chi connectivity index (χ0) is 15.6. The fraction of sp³-hybridized carbons (Fsp3) is 0.154. The topological polar surface area (TPSA) is 85.1 Å². The summed E-state index contributed by atoms with van der Waals surface area (Å²) in [6.07, 6.45) is 0. The van der Waals surface area contributed by atoms with E-state index >= 15 is 0 Å². The van der Waals surface area contributed by atoms with Crippen molar-refractivity contribution >= 4 is 27.7 Å². The number of halogens is 1. The highest BCUT2D eigenvalue weighted by Gasteiger charge is 2.08. The Bertz CT molecular complexity index is 810. The van der Waals surface area contributed by atoms with Gasteiger partial charge in [0.15, 0.2) is 0 Å². The molecule has 110 valence electrons. The van der Waals surface area contributed by atoms with E-state index in [1.165, 1.54) is 24.7 Å². The smallest absolute Gasteiger partial charge is 0.283 e. The molecule has 2 rings (SSSR count). The first kappa shape index (κ1) is 15.0. The van der Waals surface area contributed by atoms with Crippen LogP contribution in [0.3, 0.4) is 0 Å². The average molecular weight is 353 g/mol. The number of rotatable bonds is 3. The predicted octanol–water partition coefficient (Wildman–Crippen LogP) is 0.603. The van der Waals surface area contributed by atoms with Gasteiger partial charge in [-0.3, -0.25) is 29.6 Å². The van der Waals surface area contributed by atoms with E-state index in [0.29, 0.717) is 5.56 Å². The molecule has 0 radical (unpaired) electrons. The maximum atomic E-state index is 12.0. The van der Waals surface area contributed by atoms with Gasteiger partial charge in [0.25, 0.3) is 11.5 Å². The standard InChI is InChI=1S/C13H13BrN4O3/c1-17-10(7-11(19)18(2)13(17)21)15-16-12(20)8-4-3-5-9(14)6-8/h3-7,15H,1-2H3,(H,16,20). The molecule has 1 aromatic heterocycles. The molecule has 0 aliphatic rings. The van der Waals surface area contributed by atoms with Gasteiger partial charge in [0, 0.05) is 30.2 Å². The molecular weight excluding hydrogens is 340 g/mol. The number of carbonyl (C=O) groups excluding carboxylic acids is 1. The first-order chi connectivity index (χ1) is 9.90. The van der Waals surface area contributed by atoms with Gasteiger partial charge in [-0.25, -0.2) is 4.79 Å². The number of hydrogen-bond donors (Lipinski definition) is 2. The molecule has 2 aromatic rings. The number of hydrazine groups is 1. The number of amides is 1. The number of anilines is 1. The summed E-state index contributed by atoms with van der Waals surface area (Å²) in [6.45, 7) is 0. The van der Waals surface area contributed by atoms with Crippen LogP contribution in [0.25, 0.3) is 0 Å². The lowest BCUT2D eigenvalue weighted by Crippen LogP contribution is -2.40. The lowest BCUT2D eigenvalue weighted by molar-refractivity contribution is 0.0962. The van der Waals surface area contributed by atoms with Crippen LogP contribution in [-0.4, -0.2) is 15.0 Å². The zero-order valence-corrected chi connectivity index (χ0v) is 13.0. The highest BCUT2D eigenvalue weighted by molar-refractivity contribution is 9.10. The Balaban J connectivity index is 2.19. The van der Waals surface area contributed by atoms with Crippen LogP contribution in [0.4, 0.5) is 5.82 Å². The monoisotopic (exact) mass is 352 g/mol. The Kier molecular flexibility index (Phi) is 4.27. The van der Waals surface area contributed by atoms with Crippen LogP contribution in [0, 0.1) is 0 Å². The third-order valence-electron chi connectivity index (χ3n) is 2.92. The van der Waals surface area contributed by atoms with Crippen LogP contribution in [0.15, 0.2) is 44.4 Å². The van der Waals surface area contributed by atoms with Crippen molar-refractivity contribution in [1.82, 2.24) is 14.6 Å². The Hall–Kier alpha value is -2.35. The minimum absolute atomic E-state index is 0.200. The number of carbonyl (C=O) groups is 1. The van der Waals surface area contributed by atoms with Gasteiger partial charge in [0.2, 0.25) is 0 Å². The second-order valence-corrected chi connectivity index (χ2v) is 5.27. The number of benzene rings is 1. The molecular formula is C13H13BrN4O3. The van der Waals surface area contributed by atoms with Gasteiger partial charge in [-0.05, 0) is 18.2 Å². The summed E-state index contributed by atoms with van der Waals surface area (Å²) in [5.74, 6) is -0.184. The molecule has 1 aromatic carbocycles. The summed E-state index contributed by atoms with van der Waals surface area (Å²) in [4.78, 5) is 35.3. The number of aromatic nitrogens is 2. The largest absolute Gasteiger partial charge is 0.332 e. The highest BCUT2D eigenvalue weighted by Crippen LogP contribution is 2.11. The van der Waals surface area contributed by atoms with Gasteiger partial charge in [-0.1, -0.05) is 22.0 Å². The van der Waals surface area contributed by atoms with E-state index in [0.717, 1.165) is 9.04 Å². The van der Waals surface area contributed by atoms with Crippen LogP contribution in [-0.2, 0) is 14.1 Å². The Morgan fingerprint density at radius 2 is 1.86 bits per heavy atom. The predicted molar refractivity (Wildman–Crippen MR) is 82.2 cm³/mol. The van der Waals surface area contributed by atoms with Crippen LogP contribution >= 0.6 is 15.9 Å². The van der Waals surface area contributed by atoms with Crippen LogP contribution in [0.1, 0.15) is 10.4 Å². The maximum absolute atomic E-state index is 12.0. The van der Waals surface area contributed by atoms with Crippen molar-refractivity contribution < 1.29 is 4.79 Å². The molecule has 8 heteroatoms. The number of hydrogen-bond acceptors (Lipinski definition) is 4. The lowest BCUT2D eigenvalue weighted by atomic mass is 10.2. The summed E-state index contributed by atoms with van der Waals surface area (Å²) >= 11 is 3.28. The van der Waals surface area contributed by atoms with E-state index in [-0.39, 0.29) is 11.7 Å². The molecule has 0 saturated carbocycles. The van der Waals surface area contributed by atoms with Crippen molar-refractivity contribution in [2.45, 2.75) is 0 Å². The van der Waals surface area contributed by atoms with Crippen molar-refractivity contribution in [2.24, 2.45) is 14.1 Å². The second-order valence-electron chi connectivity index (χ2n) is 4.36. The third kappa shape index (κ3) is 3.22. The number of nitrogens with zero attached hydrogens (tertiary/aromatic N) is 2. The molecule has 1 amide bonds. The summed E-state index contributed by atoms with van der Waals surface area (Å²) in [5.41, 5.74) is 4.50. The molecule has 0 bridgehead atoms. The van der Waals surface area contributed by atoms with E-state index in [1.807, 2.05) is 0 Å². The van der Waals surface area contributed by atoms with Crippen LogP contribution in [0.2, 0.25) is 0 Å². The Labute approximate surface area is 128 Å². The first-order valence-corrected chi connectivity index (χ1v) is 6.78. The molecule has 1 heterocycles. The van der Waals surface area contributed by atoms with Gasteiger partial charge in [-0.2, -0.15) is 0 Å². The normalized spacial score (nSPS) is 10.2. The van der Waals surface area contributed by atoms with Crippen LogP contribution in [0.5, 0.6) is 0 Å². The molecule has 0 unspecified atom stereocenters. The molecule has 0 atom stereocenters. The molecule has 21 heavy (non-hydrogen) atoms. The summed E-state index contributed by atoms with van der Waals surface area (Å²) in [6, 6.07) is 8.05. The number of nitrogens with one attached hydrogen (secondary N) is 2. The van der Waals surface area contributed by atoms with Crippen LogP contribution < -0.4 is 22.1 Å². The molecule has 0 saturated heterocycles. The van der Waals surface area contributed by atoms with Crippen molar-refractivity contribution in [3.8, 4) is 0 Å². The molecule has 0 spiro atoms. The van der Waals surface area contributed by atoms with Gasteiger partial charge in [0.1, 0.15) is 5.82 Å². The Morgan fingerprint density at radius 3 is 2.52 bits per heavy atom. The SMILES string of the molecule is Cn1c(NNC(=O)c2cccc(Br)c2)cc(=O)n(C)c1=O. The molecule has 0 aliphatic heterocycles. The van der Waals surface area contributed by atoms with Crippen molar-refractivity contribution in [3.63, 3.8) is 0 Å². The summed E-state index contributed by atoms with van der Waals surface area (Å²) in [5, 5.41) is 0. The highest BCUT2D eigenvalue weighted by atomic mass is 79.9. The van der Waals surface area contributed by atoms with E-state index < -0.39 is 11.2 Å².